The first-order valence-corrected chi connectivity index (χ1v) is 11.0. The van der Waals surface area contributed by atoms with Crippen molar-refractivity contribution in [1.82, 2.24) is 20.9 Å². The number of nitrogens with zero attached hydrogens (tertiary/aromatic N) is 1. The number of fused-ring (bicyclic) bond motifs is 1. The standard InChI is InChI=1S/C24H26N4O5/c1-33-18-7-2-15-13-28(20(29)19(15)12-18)14-24(21(30)26-22(31)27-24)17-5-3-16(4-6-17)23(32)8-10-25-11-9-23/h2-7,12,25,32H,8-11,13-14H2,1H3,(H2,26,27,30,31)/t24-/m0/s1. The normalized spacial score (nSPS) is 23.8. The Morgan fingerprint density at radius 2 is 1.73 bits per heavy atom. The van der Waals surface area contributed by atoms with Gasteiger partial charge in [0.25, 0.3) is 11.8 Å². The number of rotatable bonds is 5. The number of benzene rings is 2. The highest BCUT2D eigenvalue weighted by Crippen LogP contribution is 2.35. The lowest BCUT2D eigenvalue weighted by atomic mass is 9.82. The van der Waals surface area contributed by atoms with Gasteiger partial charge in [-0.15, -0.1) is 0 Å². The van der Waals surface area contributed by atoms with Crippen LogP contribution in [0.5, 0.6) is 5.75 Å². The second-order valence-corrected chi connectivity index (χ2v) is 8.86. The summed E-state index contributed by atoms with van der Waals surface area (Å²) >= 11 is 0. The number of urea groups is 1. The summed E-state index contributed by atoms with van der Waals surface area (Å²) in [4.78, 5) is 39.8. The van der Waals surface area contributed by atoms with Gasteiger partial charge in [-0.2, -0.15) is 0 Å². The Morgan fingerprint density at radius 1 is 1.03 bits per heavy atom. The highest BCUT2D eigenvalue weighted by atomic mass is 16.5. The number of hydrogen-bond donors (Lipinski definition) is 4. The van der Waals surface area contributed by atoms with Crippen molar-refractivity contribution in [2.24, 2.45) is 0 Å². The molecular weight excluding hydrogens is 424 g/mol. The molecule has 9 heteroatoms. The predicted octanol–water partition coefficient (Wildman–Crippen LogP) is 0.957. The third-order valence-corrected chi connectivity index (χ3v) is 6.91. The second kappa shape index (κ2) is 7.86. The van der Waals surface area contributed by atoms with Gasteiger partial charge in [0.05, 0.1) is 19.3 Å². The molecule has 0 unspecified atom stereocenters. The summed E-state index contributed by atoms with van der Waals surface area (Å²) < 4.78 is 5.23. The maximum absolute atomic E-state index is 13.1. The van der Waals surface area contributed by atoms with Gasteiger partial charge in [-0.25, -0.2) is 4.79 Å². The van der Waals surface area contributed by atoms with E-state index >= 15 is 0 Å². The van der Waals surface area contributed by atoms with Gasteiger partial charge in [0.1, 0.15) is 5.75 Å². The highest BCUT2D eigenvalue weighted by Gasteiger charge is 2.50. The van der Waals surface area contributed by atoms with Crippen molar-refractivity contribution < 1.29 is 24.2 Å². The predicted molar refractivity (Wildman–Crippen MR) is 119 cm³/mol. The largest absolute Gasteiger partial charge is 0.497 e. The molecule has 3 aliphatic heterocycles. The summed E-state index contributed by atoms with van der Waals surface area (Å²) in [6.07, 6.45) is 1.19. The van der Waals surface area contributed by atoms with E-state index < -0.39 is 23.1 Å². The molecule has 3 aliphatic rings. The fourth-order valence-electron chi connectivity index (χ4n) is 4.97. The number of methoxy groups -OCH3 is 1. The average Bonchev–Trinajstić information content (AvgIpc) is 3.29. The van der Waals surface area contributed by atoms with Crippen LogP contribution in [0, 0.1) is 0 Å². The van der Waals surface area contributed by atoms with E-state index in [0.29, 0.717) is 36.3 Å². The molecule has 2 saturated heterocycles. The third kappa shape index (κ3) is 3.53. The Hall–Kier alpha value is -3.43. The Balaban J connectivity index is 1.46. The van der Waals surface area contributed by atoms with Crippen LogP contribution in [-0.2, 0) is 22.5 Å². The zero-order chi connectivity index (χ0) is 23.2. The van der Waals surface area contributed by atoms with E-state index in [0.717, 1.165) is 24.2 Å². The Bertz CT molecular complexity index is 1130. The molecule has 33 heavy (non-hydrogen) atoms. The zero-order valence-corrected chi connectivity index (χ0v) is 18.3. The summed E-state index contributed by atoms with van der Waals surface area (Å²) in [6.45, 7) is 1.76. The first-order chi connectivity index (χ1) is 15.8. The minimum atomic E-state index is -1.42. The number of imide groups is 1. The van der Waals surface area contributed by atoms with Gasteiger partial charge in [-0.05, 0) is 54.8 Å². The molecule has 9 nitrogen and oxygen atoms in total. The molecule has 1 atom stereocenters. The van der Waals surface area contributed by atoms with Crippen molar-refractivity contribution in [2.45, 2.75) is 30.5 Å². The van der Waals surface area contributed by atoms with E-state index in [-0.39, 0.29) is 12.5 Å². The first kappa shape index (κ1) is 21.4. The van der Waals surface area contributed by atoms with E-state index in [1.165, 1.54) is 7.11 Å². The van der Waals surface area contributed by atoms with Crippen molar-refractivity contribution in [3.63, 3.8) is 0 Å². The molecule has 172 valence electrons. The number of carbonyl (C=O) groups excluding carboxylic acids is 3. The topological polar surface area (TPSA) is 120 Å². The lowest BCUT2D eigenvalue weighted by Crippen LogP contribution is -2.52. The van der Waals surface area contributed by atoms with Crippen LogP contribution in [0.25, 0.3) is 0 Å². The second-order valence-electron chi connectivity index (χ2n) is 8.86. The van der Waals surface area contributed by atoms with Crippen LogP contribution >= 0.6 is 0 Å². The smallest absolute Gasteiger partial charge is 0.322 e. The summed E-state index contributed by atoms with van der Waals surface area (Å²) in [5.41, 5.74) is 0.331. The first-order valence-electron chi connectivity index (χ1n) is 11.0. The van der Waals surface area contributed by atoms with E-state index in [4.69, 9.17) is 4.74 Å². The van der Waals surface area contributed by atoms with Crippen LogP contribution in [-0.4, -0.2) is 54.6 Å². The molecule has 2 aromatic carbocycles. The maximum atomic E-state index is 13.1. The molecule has 0 saturated carbocycles. The summed E-state index contributed by atoms with van der Waals surface area (Å²) in [5, 5.41) is 19.3. The van der Waals surface area contributed by atoms with E-state index in [1.807, 2.05) is 6.07 Å². The number of piperidine rings is 1. The summed E-state index contributed by atoms with van der Waals surface area (Å²) in [7, 11) is 1.54. The van der Waals surface area contributed by atoms with Crippen LogP contribution < -0.4 is 20.7 Å². The number of aliphatic hydroxyl groups is 1. The lowest BCUT2D eigenvalue weighted by Gasteiger charge is -2.34. The van der Waals surface area contributed by atoms with Gasteiger partial charge in [-0.1, -0.05) is 30.3 Å². The van der Waals surface area contributed by atoms with Crippen molar-refractivity contribution >= 4 is 17.8 Å². The number of ether oxygens (including phenoxy) is 1. The van der Waals surface area contributed by atoms with Gasteiger partial charge in [0, 0.05) is 12.1 Å². The fourth-order valence-corrected chi connectivity index (χ4v) is 4.97. The van der Waals surface area contributed by atoms with E-state index in [1.54, 1.807) is 41.3 Å². The minimum absolute atomic E-state index is 0.0199. The summed E-state index contributed by atoms with van der Waals surface area (Å²) in [6, 6.07) is 11.8. The Morgan fingerprint density at radius 3 is 2.36 bits per heavy atom. The van der Waals surface area contributed by atoms with Gasteiger partial charge in [0.15, 0.2) is 5.54 Å². The molecular formula is C24H26N4O5. The van der Waals surface area contributed by atoms with Crippen LogP contribution in [0.15, 0.2) is 42.5 Å². The number of carbonyl (C=O) groups is 3. The van der Waals surface area contributed by atoms with Gasteiger partial charge in [0.2, 0.25) is 0 Å². The Kier molecular flexibility index (Phi) is 5.10. The maximum Gasteiger partial charge on any atom is 0.322 e. The molecule has 0 bridgehead atoms. The minimum Gasteiger partial charge on any atom is -0.497 e. The van der Waals surface area contributed by atoms with E-state index in [2.05, 4.69) is 16.0 Å². The molecule has 0 aliphatic carbocycles. The number of nitrogens with one attached hydrogen (secondary N) is 3. The van der Waals surface area contributed by atoms with E-state index in [9.17, 15) is 19.5 Å². The van der Waals surface area contributed by atoms with Gasteiger partial charge in [-0.3, -0.25) is 14.9 Å². The third-order valence-electron chi connectivity index (χ3n) is 6.91. The molecule has 0 aromatic heterocycles. The molecule has 2 aromatic rings. The molecule has 0 radical (unpaired) electrons. The van der Waals surface area contributed by atoms with Crippen LogP contribution in [0.4, 0.5) is 4.79 Å². The molecule has 3 heterocycles. The molecule has 5 rings (SSSR count). The fraction of sp³-hybridized carbons (Fsp3) is 0.375. The van der Waals surface area contributed by atoms with Crippen molar-refractivity contribution in [3.05, 3.63) is 64.7 Å². The Labute approximate surface area is 191 Å². The number of hydrogen-bond acceptors (Lipinski definition) is 6. The molecule has 2 fully saturated rings. The van der Waals surface area contributed by atoms with Crippen LogP contribution in [0.1, 0.15) is 39.9 Å². The average molecular weight is 450 g/mol. The van der Waals surface area contributed by atoms with Crippen LogP contribution in [0.3, 0.4) is 0 Å². The molecule has 4 N–H and O–H groups in total. The monoisotopic (exact) mass is 450 g/mol. The van der Waals surface area contributed by atoms with Crippen molar-refractivity contribution in [1.29, 1.82) is 0 Å². The molecule has 4 amide bonds. The van der Waals surface area contributed by atoms with Gasteiger partial charge < -0.3 is 25.4 Å². The van der Waals surface area contributed by atoms with Crippen molar-refractivity contribution in [2.75, 3.05) is 26.7 Å². The summed E-state index contributed by atoms with van der Waals surface area (Å²) in [5.74, 6) is -0.156. The number of amides is 4. The molecule has 0 spiro atoms. The van der Waals surface area contributed by atoms with Crippen LogP contribution in [0.2, 0.25) is 0 Å². The zero-order valence-electron chi connectivity index (χ0n) is 18.3. The van der Waals surface area contributed by atoms with Crippen molar-refractivity contribution in [3.8, 4) is 5.75 Å². The SMILES string of the molecule is COc1ccc2c(c1)C(=O)N(C[C@@]1(c3ccc(C4(O)CCNCC4)cc3)NC(=O)NC1=O)C2. The highest BCUT2D eigenvalue weighted by molar-refractivity contribution is 6.08. The lowest BCUT2D eigenvalue weighted by molar-refractivity contribution is -0.124. The quantitative estimate of drug-likeness (QED) is 0.504. The van der Waals surface area contributed by atoms with Gasteiger partial charge >= 0.3 is 6.03 Å².